The summed E-state index contributed by atoms with van der Waals surface area (Å²) in [6, 6.07) is 2.66. The van der Waals surface area contributed by atoms with E-state index in [4.69, 9.17) is 27.0 Å². The van der Waals surface area contributed by atoms with E-state index in [0.717, 1.165) is 0 Å². The molecule has 1 aromatic rings. The lowest BCUT2D eigenvalue weighted by Gasteiger charge is -2.24. The minimum Gasteiger partial charge on any atom is -0.379 e. The molecule has 1 unspecified atom stereocenters. The molecule has 2 rings (SSSR count). The van der Waals surface area contributed by atoms with E-state index in [1.165, 1.54) is 19.1 Å². The van der Waals surface area contributed by atoms with E-state index >= 15 is 0 Å². The fourth-order valence-electron chi connectivity index (χ4n) is 2.25. The van der Waals surface area contributed by atoms with Crippen molar-refractivity contribution >= 4 is 37.2 Å². The summed E-state index contributed by atoms with van der Waals surface area (Å²) in [4.78, 5) is 12.2. The molecular weight excluding hydrogens is 337 g/mol. The van der Waals surface area contributed by atoms with Gasteiger partial charge in [-0.3, -0.25) is 4.79 Å². The molecule has 1 atom stereocenters. The summed E-state index contributed by atoms with van der Waals surface area (Å²) in [6.45, 7) is 4.39. The smallest absolute Gasteiger partial charge is 0.261 e. The Balaban J connectivity index is 2.40. The zero-order chi connectivity index (χ0) is 15.8. The van der Waals surface area contributed by atoms with Gasteiger partial charge >= 0.3 is 0 Å². The van der Waals surface area contributed by atoms with Gasteiger partial charge < -0.3 is 10.1 Å². The lowest BCUT2D eigenvalue weighted by atomic mass is 10.00. The summed E-state index contributed by atoms with van der Waals surface area (Å²) in [5.74, 6) is -0.399. The summed E-state index contributed by atoms with van der Waals surface area (Å²) < 4.78 is 28.4. The Morgan fingerprint density at radius 1 is 1.43 bits per heavy atom. The molecule has 1 aliphatic rings. The number of benzene rings is 1. The number of nitrogens with one attached hydrogen (secondary N) is 1. The van der Waals surface area contributed by atoms with Gasteiger partial charge in [0.15, 0.2) is 0 Å². The van der Waals surface area contributed by atoms with E-state index in [1.54, 1.807) is 0 Å². The molecule has 1 fully saturated rings. The van der Waals surface area contributed by atoms with Crippen LogP contribution in [0.3, 0.4) is 0 Å². The van der Waals surface area contributed by atoms with Crippen molar-refractivity contribution < 1.29 is 17.9 Å². The molecule has 0 spiro atoms. The van der Waals surface area contributed by atoms with Gasteiger partial charge in [0.25, 0.3) is 15.0 Å². The molecule has 1 amide bonds. The van der Waals surface area contributed by atoms with Crippen molar-refractivity contribution in [2.45, 2.75) is 30.7 Å². The third-order valence-corrected chi connectivity index (χ3v) is 5.13. The number of carbonyl (C=O) groups is 1. The van der Waals surface area contributed by atoms with Crippen LogP contribution in [0.5, 0.6) is 0 Å². The lowest BCUT2D eigenvalue weighted by molar-refractivity contribution is 0.0889. The first-order valence-electron chi connectivity index (χ1n) is 6.27. The maximum Gasteiger partial charge on any atom is 0.261 e. The van der Waals surface area contributed by atoms with Crippen LogP contribution in [-0.2, 0) is 13.8 Å². The predicted octanol–water partition coefficient (Wildman–Crippen LogP) is 2.48. The molecule has 0 bridgehead atoms. The molecule has 1 saturated heterocycles. The molecule has 116 valence electrons. The number of hydrogen-bond acceptors (Lipinski definition) is 4. The molecule has 1 aliphatic heterocycles. The van der Waals surface area contributed by atoms with Crippen molar-refractivity contribution in [1.82, 2.24) is 5.32 Å². The summed E-state index contributed by atoms with van der Waals surface area (Å²) >= 11 is 5.90. The number of halogens is 2. The van der Waals surface area contributed by atoms with Gasteiger partial charge in [-0.2, -0.15) is 0 Å². The number of hydrogen-bond donors (Lipinski definition) is 1. The molecule has 1 N–H and O–H groups in total. The lowest BCUT2D eigenvalue weighted by Crippen LogP contribution is -2.46. The Morgan fingerprint density at radius 3 is 2.62 bits per heavy atom. The average Bonchev–Trinajstić information content (AvgIpc) is 2.76. The second-order valence-electron chi connectivity index (χ2n) is 5.33. The van der Waals surface area contributed by atoms with Crippen LogP contribution in [0.1, 0.15) is 29.3 Å². The van der Waals surface area contributed by atoms with Crippen LogP contribution in [0.4, 0.5) is 0 Å². The Kier molecular flexibility index (Phi) is 4.54. The molecule has 1 heterocycles. The van der Waals surface area contributed by atoms with Gasteiger partial charge in [0.2, 0.25) is 0 Å². The van der Waals surface area contributed by atoms with Gasteiger partial charge in [0.1, 0.15) is 0 Å². The van der Waals surface area contributed by atoms with E-state index in [1.807, 2.05) is 6.92 Å². The van der Waals surface area contributed by atoms with Crippen molar-refractivity contribution in [3.05, 3.63) is 28.3 Å². The Labute approximate surface area is 133 Å². The molecule has 0 aromatic heterocycles. The van der Waals surface area contributed by atoms with Gasteiger partial charge in [-0.25, -0.2) is 8.42 Å². The van der Waals surface area contributed by atoms with E-state index in [0.29, 0.717) is 19.6 Å². The summed E-state index contributed by atoms with van der Waals surface area (Å²) in [5.41, 5.74) is -0.00414. The largest absolute Gasteiger partial charge is 0.379 e. The van der Waals surface area contributed by atoms with Gasteiger partial charge in [-0.15, -0.1) is 0 Å². The summed E-state index contributed by atoms with van der Waals surface area (Å²) in [7, 11) is 1.40. The summed E-state index contributed by atoms with van der Waals surface area (Å²) in [5, 5.41) is 2.99. The highest BCUT2D eigenvalue weighted by Crippen LogP contribution is 2.28. The van der Waals surface area contributed by atoms with Crippen LogP contribution in [0.2, 0.25) is 5.02 Å². The second-order valence-corrected chi connectivity index (χ2v) is 8.30. The van der Waals surface area contributed by atoms with E-state index in [2.05, 4.69) is 5.32 Å². The van der Waals surface area contributed by atoms with Crippen molar-refractivity contribution in [2.75, 3.05) is 13.2 Å². The Bertz CT molecular complexity index is 682. The minimum absolute atomic E-state index is 0.137. The zero-order valence-electron chi connectivity index (χ0n) is 11.6. The monoisotopic (exact) mass is 351 g/mol. The van der Waals surface area contributed by atoms with Gasteiger partial charge in [0.05, 0.1) is 17.0 Å². The molecule has 0 aliphatic carbocycles. The predicted molar refractivity (Wildman–Crippen MR) is 80.5 cm³/mol. The third-order valence-electron chi connectivity index (χ3n) is 3.47. The maximum atomic E-state index is 12.4. The average molecular weight is 352 g/mol. The van der Waals surface area contributed by atoms with Crippen molar-refractivity contribution in [3.63, 3.8) is 0 Å². The molecule has 1 aromatic carbocycles. The highest BCUT2D eigenvalue weighted by atomic mass is 35.7. The van der Waals surface area contributed by atoms with Crippen LogP contribution in [0.15, 0.2) is 17.0 Å². The number of ether oxygens (including phenoxy) is 1. The SMILES string of the molecule is Cc1c(C(=O)NC2(C)CCOC2)cc(Cl)cc1S(=O)(=O)Cl. The Morgan fingerprint density at radius 2 is 2.10 bits per heavy atom. The van der Waals surface area contributed by atoms with E-state index in [-0.39, 0.29) is 21.0 Å². The van der Waals surface area contributed by atoms with Crippen LogP contribution in [0, 0.1) is 6.92 Å². The second kappa shape index (κ2) is 5.76. The highest BCUT2D eigenvalue weighted by Gasteiger charge is 2.32. The normalized spacial score (nSPS) is 22.3. The van der Waals surface area contributed by atoms with Crippen LogP contribution in [0.25, 0.3) is 0 Å². The Hall–Kier alpha value is -0.820. The van der Waals surface area contributed by atoms with Crippen molar-refractivity contribution in [2.24, 2.45) is 0 Å². The first kappa shape index (κ1) is 16.5. The minimum atomic E-state index is -3.97. The first-order valence-corrected chi connectivity index (χ1v) is 8.96. The van der Waals surface area contributed by atoms with Gasteiger partial charge in [0, 0.05) is 27.9 Å². The van der Waals surface area contributed by atoms with Crippen LogP contribution >= 0.6 is 22.3 Å². The van der Waals surface area contributed by atoms with E-state index < -0.39 is 20.5 Å². The number of carbonyl (C=O) groups excluding carboxylic acids is 1. The topological polar surface area (TPSA) is 72.5 Å². The molecular formula is C13H15Cl2NO4S. The molecule has 8 heteroatoms. The fourth-order valence-corrected chi connectivity index (χ4v) is 3.76. The molecule has 5 nitrogen and oxygen atoms in total. The quantitative estimate of drug-likeness (QED) is 0.849. The zero-order valence-corrected chi connectivity index (χ0v) is 13.9. The standard InChI is InChI=1S/C13H15Cl2NO4S/c1-8-10(5-9(14)6-11(8)21(15,18)19)12(17)16-13(2)3-4-20-7-13/h5-6H,3-4,7H2,1-2H3,(H,16,17). The third kappa shape index (κ3) is 3.69. The first-order chi connectivity index (χ1) is 9.62. The van der Waals surface area contributed by atoms with Crippen LogP contribution < -0.4 is 5.32 Å². The number of rotatable bonds is 3. The highest BCUT2D eigenvalue weighted by molar-refractivity contribution is 8.13. The van der Waals surface area contributed by atoms with Gasteiger partial charge in [-0.05, 0) is 38.0 Å². The van der Waals surface area contributed by atoms with E-state index in [9.17, 15) is 13.2 Å². The van der Waals surface area contributed by atoms with Gasteiger partial charge in [-0.1, -0.05) is 11.6 Å². The molecule has 0 saturated carbocycles. The van der Waals surface area contributed by atoms with Crippen LogP contribution in [-0.4, -0.2) is 33.1 Å². The molecule has 21 heavy (non-hydrogen) atoms. The van der Waals surface area contributed by atoms with Crippen molar-refractivity contribution in [3.8, 4) is 0 Å². The maximum absolute atomic E-state index is 12.4. The number of amides is 1. The summed E-state index contributed by atoms with van der Waals surface area (Å²) in [6.07, 6.45) is 0.693. The fraction of sp³-hybridized carbons (Fsp3) is 0.462. The van der Waals surface area contributed by atoms with Crippen molar-refractivity contribution in [1.29, 1.82) is 0 Å². The molecule has 0 radical (unpaired) electrons.